The third kappa shape index (κ3) is 3.90. The average Bonchev–Trinajstić information content (AvgIpc) is 2.58. The fourth-order valence-electron chi connectivity index (χ4n) is 1.29. The molecule has 0 amide bonds. The Morgan fingerprint density at radius 2 is 1.94 bits per heavy atom. The van der Waals surface area contributed by atoms with Gasteiger partial charge in [-0.3, -0.25) is 4.79 Å². The molecule has 1 rings (SSSR count). The van der Waals surface area contributed by atoms with Gasteiger partial charge in [-0.15, -0.1) is 0 Å². The lowest BCUT2D eigenvalue weighted by molar-refractivity contribution is -0.158. The van der Waals surface area contributed by atoms with Crippen molar-refractivity contribution in [2.75, 3.05) is 13.2 Å². The van der Waals surface area contributed by atoms with Gasteiger partial charge in [-0.2, -0.15) is 0 Å². The SMILES string of the molecule is CCOC(=O)COC(=O)Cc1c(C)noc1C. The van der Waals surface area contributed by atoms with Gasteiger partial charge in [0.15, 0.2) is 6.61 Å². The lowest BCUT2D eigenvalue weighted by Gasteiger charge is -2.04. The minimum absolute atomic E-state index is 0.0422. The second-order valence-electron chi connectivity index (χ2n) is 3.45. The van der Waals surface area contributed by atoms with Crippen molar-refractivity contribution in [3.05, 3.63) is 17.0 Å². The van der Waals surface area contributed by atoms with Crippen molar-refractivity contribution in [1.82, 2.24) is 5.16 Å². The van der Waals surface area contributed by atoms with Gasteiger partial charge in [-0.1, -0.05) is 5.16 Å². The van der Waals surface area contributed by atoms with Crippen molar-refractivity contribution >= 4 is 11.9 Å². The first kappa shape index (κ1) is 13.2. The largest absolute Gasteiger partial charge is 0.463 e. The number of carbonyl (C=O) groups excluding carboxylic acids is 2. The van der Waals surface area contributed by atoms with Gasteiger partial charge in [-0.05, 0) is 20.8 Å². The van der Waals surface area contributed by atoms with Crippen molar-refractivity contribution < 1.29 is 23.6 Å². The highest BCUT2D eigenvalue weighted by Gasteiger charge is 2.15. The molecule has 0 aliphatic carbocycles. The third-order valence-electron chi connectivity index (χ3n) is 2.16. The molecule has 0 radical (unpaired) electrons. The number of esters is 2. The van der Waals surface area contributed by atoms with E-state index in [1.165, 1.54) is 0 Å². The monoisotopic (exact) mass is 241 g/mol. The fraction of sp³-hybridized carbons (Fsp3) is 0.545. The van der Waals surface area contributed by atoms with Crippen molar-refractivity contribution in [3.8, 4) is 0 Å². The van der Waals surface area contributed by atoms with Crippen LogP contribution < -0.4 is 0 Å². The summed E-state index contributed by atoms with van der Waals surface area (Å²) in [5, 5.41) is 3.72. The van der Waals surface area contributed by atoms with Crippen LogP contribution in [-0.4, -0.2) is 30.3 Å². The smallest absolute Gasteiger partial charge is 0.344 e. The molecular weight excluding hydrogens is 226 g/mol. The average molecular weight is 241 g/mol. The second-order valence-corrected chi connectivity index (χ2v) is 3.45. The van der Waals surface area contributed by atoms with Gasteiger partial charge in [0.05, 0.1) is 18.7 Å². The summed E-state index contributed by atoms with van der Waals surface area (Å²) in [6.07, 6.45) is 0.0422. The van der Waals surface area contributed by atoms with Crippen LogP contribution in [0.15, 0.2) is 4.52 Å². The van der Waals surface area contributed by atoms with Gasteiger partial charge >= 0.3 is 11.9 Å². The lowest BCUT2D eigenvalue weighted by atomic mass is 10.1. The zero-order valence-electron chi connectivity index (χ0n) is 10.1. The van der Waals surface area contributed by atoms with Gasteiger partial charge < -0.3 is 14.0 Å². The molecule has 0 unspecified atom stereocenters. The second kappa shape index (κ2) is 6.03. The van der Waals surface area contributed by atoms with E-state index in [0.29, 0.717) is 17.0 Å². The summed E-state index contributed by atoms with van der Waals surface area (Å²) in [6.45, 7) is 5.04. The molecule has 6 nitrogen and oxygen atoms in total. The van der Waals surface area contributed by atoms with E-state index in [2.05, 4.69) is 9.89 Å². The molecule has 17 heavy (non-hydrogen) atoms. The number of nitrogens with zero attached hydrogens (tertiary/aromatic N) is 1. The number of ether oxygens (including phenoxy) is 2. The van der Waals surface area contributed by atoms with E-state index in [-0.39, 0.29) is 19.6 Å². The molecule has 0 aliphatic heterocycles. The van der Waals surface area contributed by atoms with E-state index < -0.39 is 11.9 Å². The summed E-state index contributed by atoms with van der Waals surface area (Å²) in [6, 6.07) is 0. The van der Waals surface area contributed by atoms with E-state index in [1.54, 1.807) is 20.8 Å². The van der Waals surface area contributed by atoms with Crippen LogP contribution in [-0.2, 0) is 25.5 Å². The highest BCUT2D eigenvalue weighted by molar-refractivity contribution is 5.78. The Labute approximate surface area is 98.9 Å². The van der Waals surface area contributed by atoms with Gasteiger partial charge in [0, 0.05) is 5.56 Å². The molecule has 1 heterocycles. The van der Waals surface area contributed by atoms with Crippen molar-refractivity contribution in [2.45, 2.75) is 27.2 Å². The highest BCUT2D eigenvalue weighted by Crippen LogP contribution is 2.13. The topological polar surface area (TPSA) is 78.6 Å². The van der Waals surface area contributed by atoms with E-state index in [1.807, 2.05) is 0 Å². The Morgan fingerprint density at radius 1 is 1.24 bits per heavy atom. The van der Waals surface area contributed by atoms with E-state index in [0.717, 1.165) is 0 Å². The fourth-order valence-corrected chi connectivity index (χ4v) is 1.29. The number of hydrogen-bond acceptors (Lipinski definition) is 6. The minimum Gasteiger partial charge on any atom is -0.463 e. The maximum absolute atomic E-state index is 11.4. The number of aromatic nitrogens is 1. The van der Waals surface area contributed by atoms with E-state index >= 15 is 0 Å². The molecule has 0 N–H and O–H groups in total. The van der Waals surface area contributed by atoms with Crippen LogP contribution in [0, 0.1) is 13.8 Å². The van der Waals surface area contributed by atoms with Gasteiger partial charge in [0.1, 0.15) is 5.76 Å². The molecule has 1 aromatic heterocycles. The maximum Gasteiger partial charge on any atom is 0.344 e. The molecule has 0 saturated heterocycles. The molecular formula is C11H15NO5. The zero-order chi connectivity index (χ0) is 12.8. The standard InChI is InChI=1S/C11H15NO5/c1-4-15-11(14)6-16-10(13)5-9-7(2)12-17-8(9)3/h4-6H2,1-3H3. The summed E-state index contributed by atoms with van der Waals surface area (Å²) < 4.78 is 14.3. The Morgan fingerprint density at radius 3 is 2.47 bits per heavy atom. The Kier molecular flexibility index (Phi) is 4.68. The quantitative estimate of drug-likeness (QED) is 0.714. The molecule has 0 fully saturated rings. The van der Waals surface area contributed by atoms with Crippen molar-refractivity contribution in [2.24, 2.45) is 0 Å². The van der Waals surface area contributed by atoms with Crippen LogP contribution in [0.4, 0.5) is 0 Å². The van der Waals surface area contributed by atoms with Crippen LogP contribution in [0.2, 0.25) is 0 Å². The first-order valence-corrected chi connectivity index (χ1v) is 5.27. The van der Waals surface area contributed by atoms with E-state index in [4.69, 9.17) is 9.26 Å². The van der Waals surface area contributed by atoms with Gasteiger partial charge in [0.25, 0.3) is 0 Å². The van der Waals surface area contributed by atoms with Crippen LogP contribution in [0.1, 0.15) is 23.9 Å². The zero-order valence-corrected chi connectivity index (χ0v) is 10.1. The molecule has 0 bridgehead atoms. The first-order valence-electron chi connectivity index (χ1n) is 5.27. The van der Waals surface area contributed by atoms with Crippen LogP contribution >= 0.6 is 0 Å². The molecule has 94 valence electrons. The summed E-state index contributed by atoms with van der Waals surface area (Å²) in [4.78, 5) is 22.4. The minimum atomic E-state index is -0.556. The highest BCUT2D eigenvalue weighted by atomic mass is 16.6. The summed E-state index contributed by atoms with van der Waals surface area (Å²) in [7, 11) is 0. The molecule has 0 aliphatic rings. The summed E-state index contributed by atoms with van der Waals surface area (Å²) in [5.74, 6) is -0.484. The van der Waals surface area contributed by atoms with E-state index in [9.17, 15) is 9.59 Å². The number of aryl methyl sites for hydroxylation is 2. The Bertz CT molecular complexity index is 390. The normalized spacial score (nSPS) is 10.1. The predicted molar refractivity (Wildman–Crippen MR) is 57.3 cm³/mol. The van der Waals surface area contributed by atoms with Crippen molar-refractivity contribution in [3.63, 3.8) is 0 Å². The van der Waals surface area contributed by atoms with Crippen molar-refractivity contribution in [1.29, 1.82) is 0 Å². The Balaban J connectivity index is 2.43. The molecule has 0 spiro atoms. The lowest BCUT2D eigenvalue weighted by Crippen LogP contribution is -2.17. The number of carbonyl (C=O) groups is 2. The third-order valence-corrected chi connectivity index (χ3v) is 2.16. The van der Waals surface area contributed by atoms with Gasteiger partial charge in [-0.25, -0.2) is 4.79 Å². The predicted octanol–water partition coefficient (Wildman–Crippen LogP) is 0.940. The maximum atomic E-state index is 11.4. The molecule has 0 aromatic carbocycles. The van der Waals surface area contributed by atoms with Crippen LogP contribution in [0.25, 0.3) is 0 Å². The number of hydrogen-bond donors (Lipinski definition) is 0. The van der Waals surface area contributed by atoms with Gasteiger partial charge in [0.2, 0.25) is 0 Å². The summed E-state index contributed by atoms with van der Waals surface area (Å²) in [5.41, 5.74) is 1.34. The molecule has 0 atom stereocenters. The van der Waals surface area contributed by atoms with Crippen LogP contribution in [0.5, 0.6) is 0 Å². The summed E-state index contributed by atoms with van der Waals surface area (Å²) >= 11 is 0. The molecule has 1 aromatic rings. The van der Waals surface area contributed by atoms with Crippen LogP contribution in [0.3, 0.4) is 0 Å². The first-order chi connectivity index (χ1) is 8.04. The molecule has 6 heteroatoms. The molecule has 0 saturated carbocycles. The Hall–Kier alpha value is -1.85. The number of rotatable bonds is 5.